The molecule has 0 saturated heterocycles. The average Bonchev–Trinajstić information content (AvgIpc) is 2.05. The standard InChI is InChI=1S/C8H11ClN2S/c1-2-5-12-6-8-10-4-3-7(9)11-8/h3-4H,2,5-6H2,1H3. The molecule has 0 amide bonds. The van der Waals surface area contributed by atoms with Crippen LogP contribution in [0.5, 0.6) is 0 Å². The monoisotopic (exact) mass is 202 g/mol. The van der Waals surface area contributed by atoms with Crippen molar-refractivity contribution in [2.75, 3.05) is 5.75 Å². The predicted molar refractivity (Wildman–Crippen MR) is 53.5 cm³/mol. The molecule has 1 heterocycles. The van der Waals surface area contributed by atoms with Crippen LogP contribution in [0.3, 0.4) is 0 Å². The minimum absolute atomic E-state index is 0.525. The molecule has 0 atom stereocenters. The third-order valence-corrected chi connectivity index (χ3v) is 2.62. The highest BCUT2D eigenvalue weighted by molar-refractivity contribution is 7.98. The fourth-order valence-electron chi connectivity index (χ4n) is 0.752. The van der Waals surface area contributed by atoms with Gasteiger partial charge in [0.05, 0.1) is 5.75 Å². The summed E-state index contributed by atoms with van der Waals surface area (Å²) in [5.74, 6) is 2.82. The van der Waals surface area contributed by atoms with Crippen LogP contribution in [-0.4, -0.2) is 15.7 Å². The normalized spacial score (nSPS) is 10.2. The lowest BCUT2D eigenvalue weighted by atomic mass is 10.6. The van der Waals surface area contributed by atoms with Crippen molar-refractivity contribution in [2.45, 2.75) is 19.1 Å². The number of aromatic nitrogens is 2. The van der Waals surface area contributed by atoms with Crippen molar-refractivity contribution in [2.24, 2.45) is 0 Å². The molecule has 0 fully saturated rings. The van der Waals surface area contributed by atoms with Crippen LogP contribution in [0.4, 0.5) is 0 Å². The summed E-state index contributed by atoms with van der Waals surface area (Å²) in [6, 6.07) is 1.69. The van der Waals surface area contributed by atoms with Gasteiger partial charge in [-0.25, -0.2) is 9.97 Å². The maximum Gasteiger partial charge on any atom is 0.139 e. The van der Waals surface area contributed by atoms with Gasteiger partial charge in [0.15, 0.2) is 0 Å². The highest BCUT2D eigenvalue weighted by atomic mass is 35.5. The van der Waals surface area contributed by atoms with Crippen LogP contribution in [0.25, 0.3) is 0 Å². The molecule has 1 rings (SSSR count). The van der Waals surface area contributed by atoms with Crippen LogP contribution in [0.2, 0.25) is 5.15 Å². The molecule has 0 bridgehead atoms. The zero-order valence-corrected chi connectivity index (χ0v) is 8.53. The Morgan fingerprint density at radius 2 is 2.42 bits per heavy atom. The molecule has 0 radical (unpaired) electrons. The fraction of sp³-hybridized carbons (Fsp3) is 0.500. The van der Waals surface area contributed by atoms with E-state index in [0.29, 0.717) is 5.15 Å². The maximum atomic E-state index is 5.70. The number of halogens is 1. The van der Waals surface area contributed by atoms with Crippen molar-refractivity contribution in [3.8, 4) is 0 Å². The highest BCUT2D eigenvalue weighted by Gasteiger charge is 1.96. The Morgan fingerprint density at radius 1 is 1.58 bits per heavy atom. The molecular formula is C8H11ClN2S. The van der Waals surface area contributed by atoms with Crippen molar-refractivity contribution < 1.29 is 0 Å². The van der Waals surface area contributed by atoms with Crippen molar-refractivity contribution in [3.63, 3.8) is 0 Å². The van der Waals surface area contributed by atoms with Gasteiger partial charge in [0.1, 0.15) is 11.0 Å². The molecule has 0 aliphatic carbocycles. The molecule has 0 N–H and O–H groups in total. The van der Waals surface area contributed by atoms with E-state index >= 15 is 0 Å². The van der Waals surface area contributed by atoms with Crippen molar-refractivity contribution >= 4 is 23.4 Å². The summed E-state index contributed by atoms with van der Waals surface area (Å²) < 4.78 is 0. The smallest absolute Gasteiger partial charge is 0.139 e. The Bertz CT molecular complexity index is 242. The molecule has 0 unspecified atom stereocenters. The van der Waals surface area contributed by atoms with Crippen LogP contribution in [-0.2, 0) is 5.75 Å². The summed E-state index contributed by atoms with van der Waals surface area (Å²) in [5.41, 5.74) is 0. The van der Waals surface area contributed by atoms with Crippen molar-refractivity contribution in [1.82, 2.24) is 9.97 Å². The summed E-state index contributed by atoms with van der Waals surface area (Å²) >= 11 is 7.53. The van der Waals surface area contributed by atoms with E-state index in [1.54, 1.807) is 12.3 Å². The third-order valence-electron chi connectivity index (χ3n) is 1.25. The van der Waals surface area contributed by atoms with E-state index in [-0.39, 0.29) is 0 Å². The largest absolute Gasteiger partial charge is 0.240 e. The van der Waals surface area contributed by atoms with Gasteiger partial charge in [0.25, 0.3) is 0 Å². The molecule has 0 aromatic carbocycles. The summed E-state index contributed by atoms with van der Waals surface area (Å²) in [4.78, 5) is 8.17. The average molecular weight is 203 g/mol. The second-order valence-electron chi connectivity index (χ2n) is 2.35. The zero-order chi connectivity index (χ0) is 8.81. The van der Waals surface area contributed by atoms with Crippen molar-refractivity contribution in [3.05, 3.63) is 23.2 Å². The molecule has 0 aliphatic rings. The van der Waals surface area contributed by atoms with Gasteiger partial charge < -0.3 is 0 Å². The third kappa shape index (κ3) is 3.41. The second-order valence-corrected chi connectivity index (χ2v) is 3.84. The molecule has 0 aliphatic heterocycles. The lowest BCUT2D eigenvalue weighted by Crippen LogP contribution is -1.91. The fourth-order valence-corrected chi connectivity index (χ4v) is 1.66. The van der Waals surface area contributed by atoms with Gasteiger partial charge in [-0.15, -0.1) is 0 Å². The quantitative estimate of drug-likeness (QED) is 0.555. The van der Waals surface area contributed by atoms with Crippen LogP contribution in [0, 0.1) is 0 Å². The van der Waals surface area contributed by atoms with E-state index in [1.807, 2.05) is 11.8 Å². The van der Waals surface area contributed by atoms with Gasteiger partial charge in [-0.2, -0.15) is 11.8 Å². The minimum atomic E-state index is 0.525. The number of hydrogen-bond acceptors (Lipinski definition) is 3. The van der Waals surface area contributed by atoms with Crippen LogP contribution < -0.4 is 0 Å². The van der Waals surface area contributed by atoms with Crippen molar-refractivity contribution in [1.29, 1.82) is 0 Å². The molecule has 12 heavy (non-hydrogen) atoms. The first-order valence-corrected chi connectivity index (χ1v) is 5.41. The van der Waals surface area contributed by atoms with E-state index in [9.17, 15) is 0 Å². The Hall–Kier alpha value is -0.280. The zero-order valence-electron chi connectivity index (χ0n) is 6.96. The van der Waals surface area contributed by atoms with E-state index in [0.717, 1.165) is 17.3 Å². The topological polar surface area (TPSA) is 25.8 Å². The Morgan fingerprint density at radius 3 is 3.08 bits per heavy atom. The lowest BCUT2D eigenvalue weighted by molar-refractivity contribution is 1.03. The highest BCUT2D eigenvalue weighted by Crippen LogP contribution is 2.10. The summed E-state index contributed by atoms with van der Waals surface area (Å²) in [5, 5.41) is 0.525. The maximum absolute atomic E-state index is 5.70. The molecule has 1 aromatic heterocycles. The van der Waals surface area contributed by atoms with E-state index < -0.39 is 0 Å². The first-order valence-electron chi connectivity index (χ1n) is 3.88. The first-order chi connectivity index (χ1) is 5.83. The Labute approximate surface area is 81.8 Å². The summed E-state index contributed by atoms with van der Waals surface area (Å²) in [6.45, 7) is 2.16. The number of hydrogen-bond donors (Lipinski definition) is 0. The number of thioether (sulfide) groups is 1. The van der Waals surface area contributed by atoms with Gasteiger partial charge in [-0.1, -0.05) is 18.5 Å². The Kier molecular flexibility index (Phi) is 4.40. The summed E-state index contributed by atoms with van der Waals surface area (Å²) in [7, 11) is 0. The van der Waals surface area contributed by atoms with Crippen LogP contribution >= 0.6 is 23.4 Å². The van der Waals surface area contributed by atoms with E-state index in [2.05, 4.69) is 16.9 Å². The van der Waals surface area contributed by atoms with Crippen LogP contribution in [0.15, 0.2) is 12.3 Å². The minimum Gasteiger partial charge on any atom is -0.240 e. The number of nitrogens with zero attached hydrogens (tertiary/aromatic N) is 2. The first kappa shape index (κ1) is 9.81. The molecule has 0 spiro atoms. The molecule has 2 nitrogen and oxygen atoms in total. The number of rotatable bonds is 4. The Balaban J connectivity index is 2.41. The predicted octanol–water partition coefficient (Wildman–Crippen LogP) is 2.77. The van der Waals surface area contributed by atoms with E-state index in [1.165, 1.54) is 6.42 Å². The van der Waals surface area contributed by atoms with Gasteiger partial charge >= 0.3 is 0 Å². The van der Waals surface area contributed by atoms with Gasteiger partial charge in [-0.3, -0.25) is 0 Å². The van der Waals surface area contributed by atoms with Gasteiger partial charge in [0, 0.05) is 6.20 Å². The molecule has 1 aromatic rings. The SMILES string of the molecule is CCCSCc1nccc(Cl)n1. The lowest BCUT2D eigenvalue weighted by Gasteiger charge is -1.98. The van der Waals surface area contributed by atoms with Gasteiger partial charge in [-0.05, 0) is 18.2 Å². The van der Waals surface area contributed by atoms with E-state index in [4.69, 9.17) is 11.6 Å². The molecule has 0 saturated carbocycles. The van der Waals surface area contributed by atoms with Crippen LogP contribution in [0.1, 0.15) is 19.2 Å². The molecular weight excluding hydrogens is 192 g/mol. The van der Waals surface area contributed by atoms with Gasteiger partial charge in [0.2, 0.25) is 0 Å². The molecule has 4 heteroatoms. The summed E-state index contributed by atoms with van der Waals surface area (Å²) in [6.07, 6.45) is 2.88. The molecule has 66 valence electrons. The second kappa shape index (κ2) is 5.38.